The number of rotatable bonds is 6. The summed E-state index contributed by atoms with van der Waals surface area (Å²) in [5.41, 5.74) is 5.63. The van der Waals surface area contributed by atoms with E-state index in [4.69, 9.17) is 0 Å². The highest BCUT2D eigenvalue weighted by molar-refractivity contribution is 7.14. The SMILES string of the molecule is CN1CCC(c2ccc(Nc3cc(-c4cc(F)cc(N5CCc6c(sc7c6CC(C)(C)C7)C5=O)c4CO)cn(C)c3=O)nc2)CC1. The van der Waals surface area contributed by atoms with Gasteiger partial charge in [0.05, 0.1) is 17.2 Å². The molecular formula is C36H40FN5O3S. The number of nitrogens with one attached hydrogen (secondary N) is 1. The molecule has 3 aliphatic rings. The number of amides is 1. The van der Waals surface area contributed by atoms with E-state index in [2.05, 4.69) is 42.2 Å². The van der Waals surface area contributed by atoms with Crippen molar-refractivity contribution in [2.75, 3.05) is 36.9 Å². The maximum absolute atomic E-state index is 15.4. The van der Waals surface area contributed by atoms with Crippen molar-refractivity contribution in [2.24, 2.45) is 12.5 Å². The van der Waals surface area contributed by atoms with Crippen molar-refractivity contribution in [3.05, 3.63) is 90.9 Å². The molecule has 8 nitrogen and oxygen atoms in total. The zero-order valence-corrected chi connectivity index (χ0v) is 27.6. The lowest BCUT2D eigenvalue weighted by atomic mass is 9.89. The van der Waals surface area contributed by atoms with E-state index in [0.29, 0.717) is 47.1 Å². The lowest BCUT2D eigenvalue weighted by molar-refractivity contribution is 0.0984. The maximum atomic E-state index is 15.4. The second kappa shape index (κ2) is 11.7. The second-order valence-electron chi connectivity index (χ2n) is 13.9. The molecule has 10 heteroatoms. The third-order valence-corrected chi connectivity index (χ3v) is 11.2. The van der Waals surface area contributed by atoms with Crippen LogP contribution in [0.2, 0.25) is 0 Å². The van der Waals surface area contributed by atoms with Gasteiger partial charge in [0, 0.05) is 42.0 Å². The Morgan fingerprint density at radius 2 is 1.85 bits per heavy atom. The average molecular weight is 642 g/mol. The van der Waals surface area contributed by atoms with Gasteiger partial charge in [0.15, 0.2) is 0 Å². The summed E-state index contributed by atoms with van der Waals surface area (Å²) in [6, 6.07) is 8.30. The highest BCUT2D eigenvalue weighted by Crippen LogP contribution is 2.46. The van der Waals surface area contributed by atoms with Crippen molar-refractivity contribution in [1.82, 2.24) is 14.5 Å². The van der Waals surface area contributed by atoms with Crippen molar-refractivity contribution < 1.29 is 14.3 Å². The quantitative estimate of drug-likeness (QED) is 0.268. The Morgan fingerprint density at radius 3 is 2.57 bits per heavy atom. The van der Waals surface area contributed by atoms with Crippen LogP contribution in [0.4, 0.5) is 21.6 Å². The van der Waals surface area contributed by atoms with Crippen LogP contribution in [0, 0.1) is 11.2 Å². The Balaban J connectivity index is 1.20. The van der Waals surface area contributed by atoms with Crippen LogP contribution in [0.15, 0.2) is 47.5 Å². The Hall–Kier alpha value is -3.86. The highest BCUT2D eigenvalue weighted by Gasteiger charge is 2.38. The summed E-state index contributed by atoms with van der Waals surface area (Å²) >= 11 is 1.57. The summed E-state index contributed by atoms with van der Waals surface area (Å²) in [5.74, 6) is 0.335. The molecule has 0 bridgehead atoms. The van der Waals surface area contributed by atoms with Crippen molar-refractivity contribution >= 4 is 34.4 Å². The molecule has 0 spiro atoms. The predicted octanol–water partition coefficient (Wildman–Crippen LogP) is 6.02. The summed E-state index contributed by atoms with van der Waals surface area (Å²) in [7, 11) is 3.78. The Labute approximate surface area is 272 Å². The fourth-order valence-corrected chi connectivity index (χ4v) is 9.00. The highest BCUT2D eigenvalue weighted by atomic mass is 32.1. The van der Waals surface area contributed by atoms with Gasteiger partial charge >= 0.3 is 0 Å². The van der Waals surface area contributed by atoms with Crippen LogP contribution >= 0.6 is 11.3 Å². The van der Waals surface area contributed by atoms with Gasteiger partial charge in [0.1, 0.15) is 17.3 Å². The third-order valence-electron chi connectivity index (χ3n) is 9.89. The van der Waals surface area contributed by atoms with Crippen LogP contribution in [-0.4, -0.2) is 52.1 Å². The molecule has 3 aromatic heterocycles. The first-order valence-electron chi connectivity index (χ1n) is 16.0. The van der Waals surface area contributed by atoms with Gasteiger partial charge in [-0.2, -0.15) is 0 Å². The smallest absolute Gasteiger partial charge is 0.274 e. The summed E-state index contributed by atoms with van der Waals surface area (Å²) in [5, 5.41) is 13.8. The number of aryl methyl sites for hydroxylation is 1. The monoisotopic (exact) mass is 641 g/mol. The van der Waals surface area contributed by atoms with E-state index in [1.807, 2.05) is 12.3 Å². The number of hydrogen-bond donors (Lipinski definition) is 2. The number of carbonyl (C=O) groups excluding carboxylic acids is 1. The number of halogens is 1. The molecule has 7 rings (SSSR count). The molecule has 46 heavy (non-hydrogen) atoms. The van der Waals surface area contributed by atoms with Crippen molar-refractivity contribution in [2.45, 2.75) is 58.5 Å². The van der Waals surface area contributed by atoms with Crippen molar-refractivity contribution in [3.8, 4) is 11.1 Å². The number of carbonyl (C=O) groups is 1. The van der Waals surface area contributed by atoms with E-state index in [-0.39, 0.29) is 22.6 Å². The van der Waals surface area contributed by atoms with Gasteiger partial charge < -0.3 is 24.8 Å². The molecule has 1 aliphatic carbocycles. The first-order chi connectivity index (χ1) is 22.0. The molecule has 0 atom stereocenters. The van der Waals surface area contributed by atoms with Crippen molar-refractivity contribution in [1.29, 1.82) is 0 Å². The molecule has 2 aliphatic heterocycles. The van der Waals surface area contributed by atoms with E-state index >= 15 is 4.39 Å². The molecule has 4 aromatic rings. The van der Waals surface area contributed by atoms with E-state index < -0.39 is 12.4 Å². The number of anilines is 3. The molecule has 5 heterocycles. The molecule has 1 saturated heterocycles. The lowest BCUT2D eigenvalue weighted by Crippen LogP contribution is -2.38. The number of aliphatic hydroxyl groups excluding tert-OH is 1. The van der Waals surface area contributed by atoms with Crippen LogP contribution in [0.5, 0.6) is 0 Å². The van der Waals surface area contributed by atoms with Crippen LogP contribution < -0.4 is 15.8 Å². The number of pyridine rings is 2. The molecule has 240 valence electrons. The molecule has 2 N–H and O–H groups in total. The molecule has 1 fully saturated rings. The van der Waals surface area contributed by atoms with Gasteiger partial charge in [-0.05, 0) is 110 Å². The zero-order chi connectivity index (χ0) is 32.3. The van der Waals surface area contributed by atoms with Gasteiger partial charge in [-0.3, -0.25) is 9.59 Å². The van der Waals surface area contributed by atoms with E-state index in [1.54, 1.807) is 35.5 Å². The maximum Gasteiger partial charge on any atom is 0.274 e. The summed E-state index contributed by atoms with van der Waals surface area (Å²) in [4.78, 5) is 37.6. The fourth-order valence-electron chi connectivity index (χ4n) is 7.43. The molecular weight excluding hydrogens is 601 g/mol. The number of likely N-dealkylation sites (tertiary alicyclic amines) is 1. The molecule has 1 aromatic carbocycles. The Kier molecular flexibility index (Phi) is 7.85. The lowest BCUT2D eigenvalue weighted by Gasteiger charge is -2.30. The minimum atomic E-state index is -0.522. The first kappa shape index (κ1) is 30.8. The van der Waals surface area contributed by atoms with Crippen LogP contribution in [0.25, 0.3) is 11.1 Å². The van der Waals surface area contributed by atoms with Crippen LogP contribution in [-0.2, 0) is 32.9 Å². The molecule has 1 amide bonds. The van der Waals surface area contributed by atoms with Gasteiger partial charge in [-0.1, -0.05) is 19.9 Å². The minimum Gasteiger partial charge on any atom is -0.392 e. The summed E-state index contributed by atoms with van der Waals surface area (Å²) in [6.07, 6.45) is 8.30. The first-order valence-corrected chi connectivity index (χ1v) is 16.8. The van der Waals surface area contributed by atoms with Crippen LogP contribution in [0.3, 0.4) is 0 Å². The standard InChI is InChI=1S/C36H40FN5O3S/c1-36(2)16-27-25-9-12-42(35(45)33(25)46-31(27)17-36)30-15-24(37)14-26(28(30)20-43)23-13-29(34(44)41(4)19-23)39-32-6-5-22(18-38-32)21-7-10-40(3)11-8-21/h5-6,13-15,18-19,21,43H,7-12,16-17,20H2,1-4H3,(H,38,39). The number of nitrogens with zero attached hydrogens (tertiary/aromatic N) is 4. The second-order valence-corrected chi connectivity index (χ2v) is 15.0. The van der Waals surface area contributed by atoms with E-state index in [1.165, 1.54) is 32.7 Å². The largest absolute Gasteiger partial charge is 0.392 e. The number of aromatic nitrogens is 2. The molecule has 0 saturated carbocycles. The zero-order valence-electron chi connectivity index (χ0n) is 26.8. The number of benzene rings is 1. The average Bonchev–Trinajstić information content (AvgIpc) is 3.52. The normalized spacial score (nSPS) is 18.1. The van der Waals surface area contributed by atoms with Gasteiger partial charge in [0.2, 0.25) is 0 Å². The van der Waals surface area contributed by atoms with E-state index in [0.717, 1.165) is 49.2 Å². The number of hydrogen-bond acceptors (Lipinski definition) is 7. The molecule has 0 radical (unpaired) electrons. The van der Waals surface area contributed by atoms with Crippen LogP contribution in [0.1, 0.15) is 69.4 Å². The summed E-state index contributed by atoms with van der Waals surface area (Å²) < 4.78 is 16.8. The predicted molar refractivity (Wildman–Crippen MR) is 181 cm³/mol. The van der Waals surface area contributed by atoms with Gasteiger partial charge in [0.25, 0.3) is 11.5 Å². The van der Waals surface area contributed by atoms with Gasteiger partial charge in [-0.25, -0.2) is 9.37 Å². The Bertz CT molecular complexity index is 1890. The number of aliphatic hydroxyl groups is 1. The molecule has 0 unspecified atom stereocenters. The Morgan fingerprint density at radius 1 is 1.07 bits per heavy atom. The summed E-state index contributed by atoms with van der Waals surface area (Å²) in [6.45, 7) is 6.65. The van der Waals surface area contributed by atoms with Gasteiger partial charge in [-0.15, -0.1) is 11.3 Å². The third kappa shape index (κ3) is 5.56. The van der Waals surface area contributed by atoms with E-state index in [9.17, 15) is 14.7 Å². The number of piperidine rings is 1. The minimum absolute atomic E-state index is 0.151. The fraction of sp³-hybridized carbons (Fsp3) is 0.417. The topological polar surface area (TPSA) is 90.7 Å². The number of fused-ring (bicyclic) bond motifs is 3. The number of thiophene rings is 1. The van der Waals surface area contributed by atoms with Crippen molar-refractivity contribution in [3.63, 3.8) is 0 Å².